The monoisotopic (exact) mass is 330 g/mol. The molecule has 4 heteroatoms. The van der Waals surface area contributed by atoms with Crippen molar-refractivity contribution < 1.29 is 9.59 Å². The Kier molecular flexibility index (Phi) is 4.90. The molecule has 1 heterocycles. The Morgan fingerprint density at radius 2 is 1.68 bits per heavy atom. The standard InChI is InChI=1S/C13H11NO2.C8H7N/c14-13(16)7-9-5-10-3-1-2-4-12(10)11(6-9)8-15;1-2-4-8-7(3-1)5-6-9-8/h1-6,8H,7H2,(H2,14,16);1-6,9H. The molecule has 0 fully saturated rings. The number of benzene rings is 3. The van der Waals surface area contributed by atoms with E-state index >= 15 is 0 Å². The fourth-order valence-electron chi connectivity index (χ4n) is 2.80. The second-order valence-corrected chi connectivity index (χ2v) is 5.73. The Morgan fingerprint density at radius 1 is 0.960 bits per heavy atom. The lowest BCUT2D eigenvalue weighted by molar-refractivity contribution is -0.117. The number of nitrogens with two attached hydrogens (primary N) is 1. The van der Waals surface area contributed by atoms with E-state index in [0.717, 1.165) is 22.6 Å². The molecule has 124 valence electrons. The number of aldehydes is 1. The fourth-order valence-corrected chi connectivity index (χ4v) is 2.80. The first-order valence-corrected chi connectivity index (χ1v) is 7.94. The molecule has 3 aromatic carbocycles. The lowest BCUT2D eigenvalue weighted by Gasteiger charge is -2.04. The van der Waals surface area contributed by atoms with Gasteiger partial charge in [-0.1, -0.05) is 48.5 Å². The van der Waals surface area contributed by atoms with Crippen LogP contribution in [-0.2, 0) is 11.2 Å². The van der Waals surface area contributed by atoms with Gasteiger partial charge in [-0.3, -0.25) is 9.59 Å². The van der Waals surface area contributed by atoms with Crippen molar-refractivity contribution in [3.8, 4) is 0 Å². The Bertz CT molecular complexity index is 1000. The van der Waals surface area contributed by atoms with E-state index in [-0.39, 0.29) is 6.42 Å². The number of nitrogens with one attached hydrogen (secondary N) is 1. The van der Waals surface area contributed by atoms with Crippen LogP contribution < -0.4 is 5.73 Å². The number of rotatable bonds is 3. The second kappa shape index (κ2) is 7.45. The topological polar surface area (TPSA) is 76.0 Å². The van der Waals surface area contributed by atoms with Gasteiger partial charge in [-0.15, -0.1) is 0 Å². The summed E-state index contributed by atoms with van der Waals surface area (Å²) in [5, 5.41) is 3.12. The van der Waals surface area contributed by atoms with Gasteiger partial charge in [0.15, 0.2) is 6.29 Å². The van der Waals surface area contributed by atoms with Gasteiger partial charge in [0.2, 0.25) is 5.91 Å². The average molecular weight is 330 g/mol. The largest absolute Gasteiger partial charge is 0.369 e. The summed E-state index contributed by atoms with van der Waals surface area (Å²) in [6.45, 7) is 0. The van der Waals surface area contributed by atoms with Crippen LogP contribution in [0.3, 0.4) is 0 Å². The van der Waals surface area contributed by atoms with Gasteiger partial charge < -0.3 is 10.7 Å². The van der Waals surface area contributed by atoms with Gasteiger partial charge in [-0.05, 0) is 39.9 Å². The number of carbonyl (C=O) groups is 2. The lowest BCUT2D eigenvalue weighted by Crippen LogP contribution is -2.13. The quantitative estimate of drug-likeness (QED) is 0.560. The van der Waals surface area contributed by atoms with E-state index in [4.69, 9.17) is 5.73 Å². The normalized spacial score (nSPS) is 10.2. The maximum Gasteiger partial charge on any atom is 0.221 e. The predicted molar refractivity (Wildman–Crippen MR) is 101 cm³/mol. The molecule has 3 N–H and O–H groups in total. The smallest absolute Gasteiger partial charge is 0.221 e. The Balaban J connectivity index is 0.000000170. The van der Waals surface area contributed by atoms with E-state index in [9.17, 15) is 9.59 Å². The number of hydrogen-bond acceptors (Lipinski definition) is 2. The minimum atomic E-state index is -0.396. The van der Waals surface area contributed by atoms with Gasteiger partial charge in [0.25, 0.3) is 0 Å². The molecule has 4 aromatic rings. The predicted octanol–water partition coefficient (Wildman–Crippen LogP) is 3.85. The van der Waals surface area contributed by atoms with Gasteiger partial charge >= 0.3 is 0 Å². The first-order valence-electron chi connectivity index (χ1n) is 7.94. The molecule has 0 aliphatic heterocycles. The van der Waals surface area contributed by atoms with Crippen LogP contribution in [0.5, 0.6) is 0 Å². The van der Waals surface area contributed by atoms with Gasteiger partial charge in [0.1, 0.15) is 0 Å². The van der Waals surface area contributed by atoms with Crippen molar-refractivity contribution in [2.24, 2.45) is 5.73 Å². The molecule has 0 saturated heterocycles. The second-order valence-electron chi connectivity index (χ2n) is 5.73. The number of H-pyrrole nitrogens is 1. The van der Waals surface area contributed by atoms with Crippen molar-refractivity contribution >= 4 is 33.9 Å². The molecule has 0 radical (unpaired) electrons. The molecule has 0 bridgehead atoms. The summed E-state index contributed by atoms with van der Waals surface area (Å²) < 4.78 is 0. The van der Waals surface area contributed by atoms with Crippen LogP contribution in [0.1, 0.15) is 15.9 Å². The molecule has 0 atom stereocenters. The maximum absolute atomic E-state index is 10.9. The highest BCUT2D eigenvalue weighted by Gasteiger charge is 2.05. The van der Waals surface area contributed by atoms with Gasteiger partial charge in [-0.2, -0.15) is 0 Å². The van der Waals surface area contributed by atoms with Crippen LogP contribution >= 0.6 is 0 Å². The summed E-state index contributed by atoms with van der Waals surface area (Å²) in [5.74, 6) is -0.396. The number of hydrogen-bond donors (Lipinski definition) is 2. The SMILES string of the molecule is NC(=O)Cc1cc(C=O)c2ccccc2c1.c1ccc2[nH]ccc2c1. The number of carbonyl (C=O) groups excluding carboxylic acids is 2. The van der Waals surface area contributed by atoms with E-state index in [1.807, 2.05) is 48.7 Å². The summed E-state index contributed by atoms with van der Waals surface area (Å²) in [6.07, 6.45) is 2.91. The molecule has 4 rings (SSSR count). The molecule has 1 aromatic heterocycles. The van der Waals surface area contributed by atoms with E-state index in [2.05, 4.69) is 23.2 Å². The summed E-state index contributed by atoms with van der Waals surface area (Å²) in [4.78, 5) is 24.9. The molecule has 0 aliphatic rings. The first kappa shape index (κ1) is 16.5. The third-order valence-corrected chi connectivity index (χ3v) is 3.92. The van der Waals surface area contributed by atoms with Crippen LogP contribution in [0.2, 0.25) is 0 Å². The Morgan fingerprint density at radius 3 is 2.40 bits per heavy atom. The number of amides is 1. The van der Waals surface area contributed by atoms with Gasteiger partial charge in [0, 0.05) is 17.3 Å². The Labute approximate surface area is 145 Å². The van der Waals surface area contributed by atoms with E-state index in [1.165, 1.54) is 10.9 Å². The van der Waals surface area contributed by atoms with E-state index in [0.29, 0.717) is 5.56 Å². The minimum absolute atomic E-state index is 0.158. The molecule has 1 amide bonds. The Hall–Kier alpha value is -3.40. The highest BCUT2D eigenvalue weighted by molar-refractivity contribution is 5.99. The van der Waals surface area contributed by atoms with Crippen molar-refractivity contribution in [1.29, 1.82) is 0 Å². The molecular weight excluding hydrogens is 312 g/mol. The number of aromatic nitrogens is 1. The number of aromatic amines is 1. The highest BCUT2D eigenvalue weighted by Crippen LogP contribution is 2.20. The summed E-state index contributed by atoms with van der Waals surface area (Å²) in [7, 11) is 0. The van der Waals surface area contributed by atoms with Crippen molar-refractivity contribution in [2.45, 2.75) is 6.42 Å². The van der Waals surface area contributed by atoms with Crippen molar-refractivity contribution in [2.75, 3.05) is 0 Å². The van der Waals surface area contributed by atoms with Crippen molar-refractivity contribution in [1.82, 2.24) is 4.98 Å². The summed E-state index contributed by atoms with van der Waals surface area (Å²) >= 11 is 0. The minimum Gasteiger partial charge on any atom is -0.369 e. The number of fused-ring (bicyclic) bond motifs is 2. The average Bonchev–Trinajstić information content (AvgIpc) is 3.09. The molecule has 0 unspecified atom stereocenters. The zero-order valence-electron chi connectivity index (χ0n) is 13.6. The molecule has 0 aliphatic carbocycles. The van der Waals surface area contributed by atoms with Crippen LogP contribution in [0, 0.1) is 0 Å². The maximum atomic E-state index is 10.9. The molecule has 0 spiro atoms. The van der Waals surface area contributed by atoms with E-state index < -0.39 is 5.91 Å². The molecule has 0 saturated carbocycles. The van der Waals surface area contributed by atoms with Crippen LogP contribution in [-0.4, -0.2) is 17.2 Å². The van der Waals surface area contributed by atoms with Crippen molar-refractivity contribution in [3.63, 3.8) is 0 Å². The van der Waals surface area contributed by atoms with E-state index in [1.54, 1.807) is 6.07 Å². The summed E-state index contributed by atoms with van der Waals surface area (Å²) in [6, 6.07) is 21.4. The zero-order valence-corrected chi connectivity index (χ0v) is 13.6. The lowest BCUT2D eigenvalue weighted by atomic mass is 10.00. The number of primary amides is 1. The zero-order chi connectivity index (χ0) is 17.6. The highest BCUT2D eigenvalue weighted by atomic mass is 16.1. The molecule has 4 nitrogen and oxygen atoms in total. The third kappa shape index (κ3) is 3.93. The molecular formula is C21H18N2O2. The number of para-hydroxylation sites is 1. The molecule has 25 heavy (non-hydrogen) atoms. The van der Waals surface area contributed by atoms with Gasteiger partial charge in [-0.25, -0.2) is 0 Å². The van der Waals surface area contributed by atoms with Crippen LogP contribution in [0.4, 0.5) is 0 Å². The summed E-state index contributed by atoms with van der Waals surface area (Å²) in [5.41, 5.74) is 7.70. The van der Waals surface area contributed by atoms with Gasteiger partial charge in [0.05, 0.1) is 6.42 Å². The fraction of sp³-hybridized carbons (Fsp3) is 0.0476. The third-order valence-electron chi connectivity index (χ3n) is 3.92. The van der Waals surface area contributed by atoms with Crippen LogP contribution in [0.15, 0.2) is 72.9 Å². The first-order chi connectivity index (χ1) is 12.2. The van der Waals surface area contributed by atoms with Crippen LogP contribution in [0.25, 0.3) is 21.7 Å². The van der Waals surface area contributed by atoms with Crippen molar-refractivity contribution in [3.05, 3.63) is 84.1 Å².